The summed E-state index contributed by atoms with van der Waals surface area (Å²) in [5, 5.41) is 3.57. The average molecular weight is 282 g/mol. The molecule has 1 aliphatic heterocycles. The fraction of sp³-hybridized carbons (Fsp3) is 1.00. The highest BCUT2D eigenvalue weighted by molar-refractivity contribution is 4.95. The van der Waals surface area contributed by atoms with Crippen LogP contribution in [-0.4, -0.2) is 49.3 Å². The van der Waals surface area contributed by atoms with Gasteiger partial charge in [0.1, 0.15) is 0 Å². The fourth-order valence-corrected chi connectivity index (χ4v) is 4.16. The number of nitrogens with zero attached hydrogens (tertiary/aromatic N) is 1. The van der Waals surface area contributed by atoms with Gasteiger partial charge in [-0.05, 0) is 51.5 Å². The Labute approximate surface area is 125 Å². The topological polar surface area (TPSA) is 24.5 Å². The summed E-state index contributed by atoms with van der Waals surface area (Å²) in [6.45, 7) is 13.8. The molecule has 5 atom stereocenters. The standard InChI is InChI=1S/C17H34N2O/c1-12-10-19(11-13(2)20-12)16-9-14(17(3,4)5)7-8-15(16)18-6/h12-16,18H,7-11H2,1-6H3. The zero-order valence-electron chi connectivity index (χ0n) is 14.3. The molecule has 2 rings (SSSR count). The normalized spacial score (nSPS) is 40.8. The SMILES string of the molecule is CNC1CCC(C(C)(C)C)CC1N1CC(C)OC(C)C1. The van der Waals surface area contributed by atoms with Gasteiger partial charge >= 0.3 is 0 Å². The van der Waals surface area contributed by atoms with E-state index >= 15 is 0 Å². The van der Waals surface area contributed by atoms with Gasteiger partial charge in [0.25, 0.3) is 0 Å². The highest BCUT2D eigenvalue weighted by Crippen LogP contribution is 2.39. The summed E-state index contributed by atoms with van der Waals surface area (Å²) in [5.41, 5.74) is 0.431. The third kappa shape index (κ3) is 3.75. The largest absolute Gasteiger partial charge is 0.373 e. The van der Waals surface area contributed by atoms with E-state index in [0.717, 1.165) is 19.0 Å². The van der Waals surface area contributed by atoms with Crippen molar-refractivity contribution in [3.05, 3.63) is 0 Å². The van der Waals surface area contributed by atoms with Crippen LogP contribution in [0.25, 0.3) is 0 Å². The molecule has 1 aliphatic carbocycles. The molecule has 0 aromatic heterocycles. The van der Waals surface area contributed by atoms with Crippen LogP contribution in [0.5, 0.6) is 0 Å². The Morgan fingerprint density at radius 2 is 1.65 bits per heavy atom. The summed E-state index contributed by atoms with van der Waals surface area (Å²) in [6, 6.07) is 1.32. The maximum absolute atomic E-state index is 5.91. The molecule has 20 heavy (non-hydrogen) atoms. The summed E-state index contributed by atoms with van der Waals surface area (Å²) < 4.78 is 5.91. The number of hydrogen-bond donors (Lipinski definition) is 1. The van der Waals surface area contributed by atoms with Crippen molar-refractivity contribution in [2.24, 2.45) is 11.3 Å². The van der Waals surface area contributed by atoms with Gasteiger partial charge in [0.15, 0.2) is 0 Å². The molecule has 0 spiro atoms. The van der Waals surface area contributed by atoms with E-state index in [1.165, 1.54) is 19.3 Å². The van der Waals surface area contributed by atoms with Crippen LogP contribution in [0.15, 0.2) is 0 Å². The number of ether oxygens (including phenoxy) is 1. The smallest absolute Gasteiger partial charge is 0.0678 e. The predicted octanol–water partition coefficient (Wildman–Crippen LogP) is 2.90. The molecule has 1 heterocycles. The van der Waals surface area contributed by atoms with E-state index < -0.39 is 0 Å². The van der Waals surface area contributed by atoms with Crippen LogP contribution >= 0.6 is 0 Å². The minimum atomic E-state index is 0.367. The molecular weight excluding hydrogens is 248 g/mol. The van der Waals surface area contributed by atoms with Crippen LogP contribution in [0.1, 0.15) is 53.9 Å². The highest BCUT2D eigenvalue weighted by Gasteiger charge is 2.39. The Hall–Kier alpha value is -0.120. The maximum Gasteiger partial charge on any atom is 0.0678 e. The van der Waals surface area contributed by atoms with Crippen LogP contribution < -0.4 is 5.32 Å². The molecule has 0 aromatic rings. The van der Waals surface area contributed by atoms with Crippen molar-refractivity contribution in [3.8, 4) is 0 Å². The minimum absolute atomic E-state index is 0.367. The van der Waals surface area contributed by atoms with Crippen molar-refractivity contribution in [2.45, 2.75) is 78.2 Å². The third-order valence-electron chi connectivity index (χ3n) is 5.33. The molecule has 5 unspecified atom stereocenters. The number of rotatable bonds is 2. The molecule has 0 radical (unpaired) electrons. The fourth-order valence-electron chi connectivity index (χ4n) is 4.16. The Balaban J connectivity index is 2.08. The van der Waals surface area contributed by atoms with Gasteiger partial charge in [-0.3, -0.25) is 4.90 Å². The molecule has 0 aromatic carbocycles. The van der Waals surface area contributed by atoms with E-state index in [4.69, 9.17) is 4.74 Å². The first kappa shape index (κ1) is 16.3. The molecule has 1 saturated carbocycles. The summed E-state index contributed by atoms with van der Waals surface area (Å²) in [4.78, 5) is 2.69. The Kier molecular flexibility index (Phi) is 5.14. The van der Waals surface area contributed by atoms with Crippen molar-refractivity contribution < 1.29 is 4.74 Å². The molecule has 3 heteroatoms. The van der Waals surface area contributed by atoms with Crippen LogP contribution in [0.4, 0.5) is 0 Å². The molecule has 1 N–H and O–H groups in total. The van der Waals surface area contributed by atoms with Gasteiger partial charge in [-0.2, -0.15) is 0 Å². The van der Waals surface area contributed by atoms with Gasteiger partial charge in [0.05, 0.1) is 12.2 Å². The Morgan fingerprint density at radius 3 is 2.15 bits per heavy atom. The molecule has 0 bridgehead atoms. The van der Waals surface area contributed by atoms with Crippen molar-refractivity contribution in [1.82, 2.24) is 10.2 Å². The summed E-state index contributed by atoms with van der Waals surface area (Å²) >= 11 is 0. The Bertz CT molecular complexity index is 303. The number of hydrogen-bond acceptors (Lipinski definition) is 3. The van der Waals surface area contributed by atoms with E-state index in [2.05, 4.69) is 51.9 Å². The molecule has 1 saturated heterocycles. The van der Waals surface area contributed by atoms with E-state index in [1.807, 2.05) is 0 Å². The van der Waals surface area contributed by atoms with Gasteiger partial charge in [0, 0.05) is 25.2 Å². The summed E-state index contributed by atoms with van der Waals surface area (Å²) in [7, 11) is 2.13. The van der Waals surface area contributed by atoms with Gasteiger partial charge in [0.2, 0.25) is 0 Å². The van der Waals surface area contributed by atoms with E-state index in [-0.39, 0.29) is 0 Å². The second kappa shape index (κ2) is 6.33. The van der Waals surface area contributed by atoms with E-state index in [0.29, 0.717) is 29.7 Å². The molecule has 3 nitrogen and oxygen atoms in total. The first-order valence-corrected chi connectivity index (χ1v) is 8.38. The maximum atomic E-state index is 5.91. The van der Waals surface area contributed by atoms with Crippen molar-refractivity contribution >= 4 is 0 Å². The quantitative estimate of drug-likeness (QED) is 0.843. The minimum Gasteiger partial charge on any atom is -0.373 e. The van der Waals surface area contributed by atoms with Gasteiger partial charge in [-0.25, -0.2) is 0 Å². The third-order valence-corrected chi connectivity index (χ3v) is 5.33. The lowest BCUT2D eigenvalue weighted by Gasteiger charge is -2.49. The molecule has 0 amide bonds. The molecule has 2 fully saturated rings. The first-order chi connectivity index (χ1) is 9.31. The van der Waals surface area contributed by atoms with Crippen LogP contribution in [-0.2, 0) is 4.74 Å². The van der Waals surface area contributed by atoms with Crippen molar-refractivity contribution in [3.63, 3.8) is 0 Å². The molecule has 118 valence electrons. The lowest BCUT2D eigenvalue weighted by molar-refractivity contribution is -0.0930. The first-order valence-electron chi connectivity index (χ1n) is 8.38. The van der Waals surface area contributed by atoms with Crippen molar-refractivity contribution in [1.29, 1.82) is 0 Å². The lowest BCUT2D eigenvalue weighted by Crippen LogP contribution is -2.58. The summed E-state index contributed by atoms with van der Waals surface area (Å²) in [6.07, 6.45) is 4.73. The molecular formula is C17H34N2O. The number of likely N-dealkylation sites (N-methyl/N-ethyl adjacent to an activating group) is 1. The lowest BCUT2D eigenvalue weighted by atomic mass is 9.69. The highest BCUT2D eigenvalue weighted by atomic mass is 16.5. The van der Waals surface area contributed by atoms with Gasteiger partial charge in [-0.15, -0.1) is 0 Å². The van der Waals surface area contributed by atoms with Gasteiger partial charge < -0.3 is 10.1 Å². The Morgan fingerprint density at radius 1 is 1.05 bits per heavy atom. The van der Waals surface area contributed by atoms with Crippen molar-refractivity contribution in [2.75, 3.05) is 20.1 Å². The second-order valence-corrected chi connectivity index (χ2v) is 8.05. The monoisotopic (exact) mass is 282 g/mol. The van der Waals surface area contributed by atoms with Gasteiger partial charge in [-0.1, -0.05) is 20.8 Å². The van der Waals surface area contributed by atoms with Crippen LogP contribution in [0.2, 0.25) is 0 Å². The predicted molar refractivity (Wildman–Crippen MR) is 85.0 cm³/mol. The van der Waals surface area contributed by atoms with E-state index in [1.54, 1.807) is 0 Å². The average Bonchev–Trinajstić information content (AvgIpc) is 2.35. The second-order valence-electron chi connectivity index (χ2n) is 8.05. The number of nitrogens with one attached hydrogen (secondary N) is 1. The summed E-state index contributed by atoms with van der Waals surface area (Å²) in [5.74, 6) is 0.838. The molecule has 2 aliphatic rings. The number of morpholine rings is 1. The van der Waals surface area contributed by atoms with E-state index in [9.17, 15) is 0 Å². The zero-order chi connectivity index (χ0) is 14.9. The van der Waals surface area contributed by atoms with Crippen LogP contribution in [0.3, 0.4) is 0 Å². The zero-order valence-corrected chi connectivity index (χ0v) is 14.3. The van der Waals surface area contributed by atoms with Crippen LogP contribution in [0, 0.1) is 11.3 Å².